The zero-order chi connectivity index (χ0) is 10.3. The molecule has 0 aliphatic rings. The molecule has 70 valence electrons. The molecular formula is C11H9FN2. The van der Waals surface area contributed by atoms with Crippen LogP contribution in [0.5, 0.6) is 0 Å². The highest BCUT2D eigenvalue weighted by Gasteiger charge is 2.10. The van der Waals surface area contributed by atoms with Crippen molar-refractivity contribution in [2.24, 2.45) is 7.05 Å². The van der Waals surface area contributed by atoms with Gasteiger partial charge in [-0.05, 0) is 18.6 Å². The Balaban J connectivity index is 2.96. The highest BCUT2D eigenvalue weighted by Crippen LogP contribution is 2.23. The smallest absolute Gasteiger partial charge is 0.150 e. The van der Waals surface area contributed by atoms with E-state index < -0.39 is 0 Å². The number of rotatable bonds is 0. The van der Waals surface area contributed by atoms with Gasteiger partial charge >= 0.3 is 0 Å². The third-order valence-electron chi connectivity index (χ3n) is 2.44. The topological polar surface area (TPSA) is 28.7 Å². The second-order valence-electron chi connectivity index (χ2n) is 3.33. The van der Waals surface area contributed by atoms with Gasteiger partial charge in [0.05, 0.1) is 5.52 Å². The monoisotopic (exact) mass is 188 g/mol. The summed E-state index contributed by atoms with van der Waals surface area (Å²) in [6, 6.07) is 7.27. The third kappa shape index (κ3) is 1.01. The van der Waals surface area contributed by atoms with Gasteiger partial charge in [0.15, 0.2) is 0 Å². The van der Waals surface area contributed by atoms with Crippen molar-refractivity contribution in [1.82, 2.24) is 4.57 Å². The van der Waals surface area contributed by atoms with Crippen LogP contribution in [0, 0.1) is 24.1 Å². The van der Waals surface area contributed by atoms with E-state index in [-0.39, 0.29) is 5.82 Å². The van der Waals surface area contributed by atoms with Gasteiger partial charge < -0.3 is 4.57 Å². The number of aryl methyl sites for hydroxylation is 2. The summed E-state index contributed by atoms with van der Waals surface area (Å²) in [5.41, 5.74) is 1.58. The number of fused-ring (bicyclic) bond motifs is 1. The lowest BCUT2D eigenvalue weighted by Crippen LogP contribution is -1.94. The van der Waals surface area contributed by atoms with Gasteiger partial charge in [0.2, 0.25) is 0 Å². The van der Waals surface area contributed by atoms with E-state index in [9.17, 15) is 4.39 Å². The normalized spacial score (nSPS) is 10.4. The van der Waals surface area contributed by atoms with Crippen LogP contribution >= 0.6 is 0 Å². The fourth-order valence-corrected chi connectivity index (χ4v) is 1.61. The van der Waals surface area contributed by atoms with Gasteiger partial charge in [-0.3, -0.25) is 0 Å². The fourth-order valence-electron chi connectivity index (χ4n) is 1.61. The Bertz CT molecular complexity index is 546. The molecule has 0 saturated carbocycles. The van der Waals surface area contributed by atoms with E-state index in [4.69, 9.17) is 5.26 Å². The molecule has 3 heteroatoms. The van der Waals surface area contributed by atoms with Crippen molar-refractivity contribution in [3.8, 4) is 6.07 Å². The van der Waals surface area contributed by atoms with Gasteiger partial charge in [-0.1, -0.05) is 12.1 Å². The number of hydrogen-bond donors (Lipinski definition) is 0. The van der Waals surface area contributed by atoms with Crippen molar-refractivity contribution in [3.05, 3.63) is 35.3 Å². The maximum atomic E-state index is 13.7. The molecule has 1 aromatic carbocycles. The molecule has 0 amide bonds. The Kier molecular flexibility index (Phi) is 1.78. The third-order valence-corrected chi connectivity index (χ3v) is 2.44. The summed E-state index contributed by atoms with van der Waals surface area (Å²) in [6.45, 7) is 1.72. The molecule has 0 N–H and O–H groups in total. The SMILES string of the molecule is Cc1ccc2cc(C#N)n(C)c2c1F. The van der Waals surface area contributed by atoms with Gasteiger partial charge in [-0.15, -0.1) is 0 Å². The van der Waals surface area contributed by atoms with E-state index in [1.54, 1.807) is 30.7 Å². The maximum Gasteiger partial charge on any atom is 0.150 e. The second-order valence-corrected chi connectivity index (χ2v) is 3.33. The molecule has 0 fully saturated rings. The van der Waals surface area contributed by atoms with Gasteiger partial charge in [0.25, 0.3) is 0 Å². The number of halogens is 1. The van der Waals surface area contributed by atoms with E-state index in [0.717, 1.165) is 5.39 Å². The summed E-state index contributed by atoms with van der Waals surface area (Å²) < 4.78 is 15.3. The predicted molar refractivity (Wildman–Crippen MR) is 52.3 cm³/mol. The highest BCUT2D eigenvalue weighted by molar-refractivity contribution is 5.83. The molecular weight excluding hydrogens is 179 g/mol. The zero-order valence-electron chi connectivity index (χ0n) is 8.00. The minimum Gasteiger partial charge on any atom is -0.333 e. The van der Waals surface area contributed by atoms with Crippen LogP contribution < -0.4 is 0 Å². The number of nitrogens with zero attached hydrogens (tertiary/aromatic N) is 2. The van der Waals surface area contributed by atoms with Crippen molar-refractivity contribution in [2.45, 2.75) is 6.92 Å². The Morgan fingerprint density at radius 3 is 2.79 bits per heavy atom. The molecule has 2 nitrogen and oxygen atoms in total. The number of nitriles is 1. The summed E-state index contributed by atoms with van der Waals surface area (Å²) in [7, 11) is 1.70. The first-order valence-electron chi connectivity index (χ1n) is 4.30. The van der Waals surface area contributed by atoms with Crippen LogP contribution in [0.1, 0.15) is 11.3 Å². The number of aromatic nitrogens is 1. The second kappa shape index (κ2) is 2.85. The Labute approximate surface area is 81.2 Å². The van der Waals surface area contributed by atoms with Crippen molar-refractivity contribution < 1.29 is 4.39 Å². The lowest BCUT2D eigenvalue weighted by Gasteiger charge is -2.01. The van der Waals surface area contributed by atoms with E-state index in [0.29, 0.717) is 16.8 Å². The molecule has 1 aromatic heterocycles. The van der Waals surface area contributed by atoms with Crippen LogP contribution in [-0.4, -0.2) is 4.57 Å². The minimum atomic E-state index is -0.244. The van der Waals surface area contributed by atoms with Gasteiger partial charge in [-0.2, -0.15) is 5.26 Å². The molecule has 0 aliphatic heterocycles. The quantitative estimate of drug-likeness (QED) is 0.624. The van der Waals surface area contributed by atoms with Crippen molar-refractivity contribution in [2.75, 3.05) is 0 Å². The van der Waals surface area contributed by atoms with Gasteiger partial charge in [-0.25, -0.2) is 4.39 Å². The zero-order valence-corrected chi connectivity index (χ0v) is 8.00. The molecule has 2 rings (SSSR count). The Morgan fingerprint density at radius 1 is 1.43 bits per heavy atom. The van der Waals surface area contributed by atoms with E-state index in [2.05, 4.69) is 0 Å². The molecule has 0 spiro atoms. The first kappa shape index (κ1) is 8.76. The van der Waals surface area contributed by atoms with E-state index in [1.165, 1.54) is 0 Å². The van der Waals surface area contributed by atoms with Crippen molar-refractivity contribution in [1.29, 1.82) is 5.26 Å². The molecule has 0 unspecified atom stereocenters. The van der Waals surface area contributed by atoms with Crippen LogP contribution in [0.15, 0.2) is 18.2 Å². The van der Waals surface area contributed by atoms with Crippen LogP contribution in [0.3, 0.4) is 0 Å². The minimum absolute atomic E-state index is 0.244. The molecule has 0 aliphatic carbocycles. The van der Waals surface area contributed by atoms with Gasteiger partial charge in [0.1, 0.15) is 17.6 Å². The Morgan fingerprint density at radius 2 is 2.14 bits per heavy atom. The Hall–Kier alpha value is -1.82. The molecule has 14 heavy (non-hydrogen) atoms. The lowest BCUT2D eigenvalue weighted by atomic mass is 10.2. The van der Waals surface area contributed by atoms with Crippen LogP contribution in [0.4, 0.5) is 4.39 Å². The van der Waals surface area contributed by atoms with Crippen LogP contribution in [0.2, 0.25) is 0 Å². The average molecular weight is 188 g/mol. The molecule has 1 heterocycles. The predicted octanol–water partition coefficient (Wildman–Crippen LogP) is 2.50. The maximum absolute atomic E-state index is 13.7. The summed E-state index contributed by atoms with van der Waals surface area (Å²) in [5, 5.41) is 9.56. The first-order chi connectivity index (χ1) is 6.65. The fraction of sp³-hybridized carbons (Fsp3) is 0.182. The molecule has 0 bridgehead atoms. The summed E-state index contributed by atoms with van der Waals surface area (Å²) in [5.74, 6) is -0.244. The van der Waals surface area contributed by atoms with Gasteiger partial charge in [0, 0.05) is 12.4 Å². The standard InChI is InChI=1S/C11H9FN2/c1-7-3-4-8-5-9(6-13)14(2)11(8)10(7)12/h3-5H,1-2H3. The number of benzene rings is 1. The summed E-state index contributed by atoms with van der Waals surface area (Å²) in [4.78, 5) is 0. The highest BCUT2D eigenvalue weighted by atomic mass is 19.1. The molecule has 2 aromatic rings. The van der Waals surface area contributed by atoms with Crippen molar-refractivity contribution in [3.63, 3.8) is 0 Å². The van der Waals surface area contributed by atoms with E-state index >= 15 is 0 Å². The largest absolute Gasteiger partial charge is 0.333 e. The summed E-state index contributed by atoms with van der Waals surface area (Å²) in [6.07, 6.45) is 0. The lowest BCUT2D eigenvalue weighted by molar-refractivity contribution is 0.622. The van der Waals surface area contributed by atoms with Crippen LogP contribution in [-0.2, 0) is 7.05 Å². The van der Waals surface area contributed by atoms with Crippen LogP contribution in [0.25, 0.3) is 10.9 Å². The molecule has 0 radical (unpaired) electrons. The first-order valence-corrected chi connectivity index (χ1v) is 4.30. The van der Waals surface area contributed by atoms with E-state index in [1.807, 2.05) is 12.1 Å². The number of hydrogen-bond acceptors (Lipinski definition) is 1. The average Bonchev–Trinajstić information content (AvgIpc) is 2.50. The molecule has 0 atom stereocenters. The molecule has 0 saturated heterocycles. The summed E-state index contributed by atoms with van der Waals surface area (Å²) >= 11 is 0. The van der Waals surface area contributed by atoms with Crippen molar-refractivity contribution >= 4 is 10.9 Å².